The van der Waals surface area contributed by atoms with E-state index in [1.165, 1.54) is 6.42 Å². The van der Waals surface area contributed by atoms with Crippen molar-refractivity contribution in [3.63, 3.8) is 0 Å². The van der Waals surface area contributed by atoms with Crippen LogP contribution in [0.2, 0.25) is 0 Å². The van der Waals surface area contributed by atoms with Crippen LogP contribution in [0.4, 0.5) is 0 Å². The summed E-state index contributed by atoms with van der Waals surface area (Å²) < 4.78 is 10.8. The van der Waals surface area contributed by atoms with Crippen LogP contribution < -0.4 is 14.8 Å². The molecule has 1 amide bonds. The molecule has 158 valence electrons. The Hall–Kier alpha value is -2.64. The first kappa shape index (κ1) is 18.2. The molecule has 30 heavy (non-hydrogen) atoms. The number of carbonyl (C=O) groups is 1. The maximum Gasteiger partial charge on any atom is 0.231 e. The Bertz CT molecular complexity index is 988. The highest BCUT2D eigenvalue weighted by Gasteiger charge is 2.59. The minimum Gasteiger partial charge on any atom is -0.454 e. The summed E-state index contributed by atoms with van der Waals surface area (Å²) in [5.74, 6) is 3.70. The van der Waals surface area contributed by atoms with E-state index >= 15 is 0 Å². The molecule has 2 unspecified atom stereocenters. The normalized spacial score (nSPS) is 33.1. The quantitative estimate of drug-likeness (QED) is 0.817. The van der Waals surface area contributed by atoms with Gasteiger partial charge in [0.25, 0.3) is 0 Å². The number of aromatic nitrogens is 4. The molecule has 1 aliphatic heterocycles. The van der Waals surface area contributed by atoms with Crippen molar-refractivity contribution in [1.29, 1.82) is 0 Å². The van der Waals surface area contributed by atoms with Gasteiger partial charge in [-0.2, -0.15) is 4.80 Å². The van der Waals surface area contributed by atoms with E-state index in [1.54, 1.807) is 0 Å². The van der Waals surface area contributed by atoms with Gasteiger partial charge in [-0.15, -0.1) is 10.2 Å². The first-order valence-corrected chi connectivity index (χ1v) is 10.9. The van der Waals surface area contributed by atoms with Gasteiger partial charge in [0.15, 0.2) is 17.3 Å². The predicted octanol–water partition coefficient (Wildman–Crippen LogP) is 2.71. The van der Waals surface area contributed by atoms with Crippen molar-refractivity contribution in [1.82, 2.24) is 25.5 Å². The lowest BCUT2D eigenvalue weighted by Gasteiger charge is -2.61. The van der Waals surface area contributed by atoms with E-state index in [-0.39, 0.29) is 23.7 Å². The van der Waals surface area contributed by atoms with Crippen LogP contribution in [-0.4, -0.2) is 32.9 Å². The first-order valence-electron chi connectivity index (χ1n) is 10.9. The summed E-state index contributed by atoms with van der Waals surface area (Å²) in [7, 11) is 0. The molecular formula is C22H27N5O3. The van der Waals surface area contributed by atoms with Crippen molar-refractivity contribution in [2.75, 3.05) is 6.79 Å². The Balaban J connectivity index is 1.16. The monoisotopic (exact) mass is 409 g/mol. The van der Waals surface area contributed by atoms with Crippen molar-refractivity contribution in [2.24, 2.45) is 17.3 Å². The van der Waals surface area contributed by atoms with Gasteiger partial charge in [-0.25, -0.2) is 0 Å². The lowest BCUT2D eigenvalue weighted by atomic mass is 9.46. The zero-order valence-corrected chi connectivity index (χ0v) is 17.3. The third-order valence-corrected chi connectivity index (χ3v) is 7.55. The Morgan fingerprint density at radius 3 is 2.77 bits per heavy atom. The molecule has 4 saturated carbocycles. The van der Waals surface area contributed by atoms with Gasteiger partial charge >= 0.3 is 0 Å². The number of fused-ring (bicyclic) bond motifs is 1. The second kappa shape index (κ2) is 6.43. The van der Waals surface area contributed by atoms with Crippen LogP contribution >= 0.6 is 0 Å². The molecule has 2 aromatic rings. The largest absolute Gasteiger partial charge is 0.454 e. The van der Waals surface area contributed by atoms with Crippen LogP contribution in [0.3, 0.4) is 0 Å². The van der Waals surface area contributed by atoms with Crippen LogP contribution in [0.15, 0.2) is 18.2 Å². The lowest BCUT2D eigenvalue weighted by molar-refractivity contribution is -0.139. The number of rotatable bonds is 5. The standard InChI is InChI=1S/C22H27N5O3/c1-14-24-26-27(25-14)22-8-16-4-17(9-22)7-21(6-16,12-22)10-20(28)23-11-15-2-3-18-19(5-15)30-13-29-18/h2-3,5,16-17H,4,6-13H2,1H3,(H,23,28). The maximum atomic E-state index is 13.0. The van der Waals surface area contributed by atoms with Crippen molar-refractivity contribution >= 4 is 5.91 Å². The molecular weight excluding hydrogens is 382 g/mol. The van der Waals surface area contributed by atoms with E-state index in [0.29, 0.717) is 24.8 Å². The van der Waals surface area contributed by atoms with E-state index in [9.17, 15) is 4.79 Å². The molecule has 0 radical (unpaired) electrons. The molecule has 0 spiro atoms. The second-order valence-electron chi connectivity index (χ2n) is 9.95. The summed E-state index contributed by atoms with van der Waals surface area (Å²) in [6.07, 6.45) is 7.41. The summed E-state index contributed by atoms with van der Waals surface area (Å²) in [6, 6.07) is 5.83. The van der Waals surface area contributed by atoms with Crippen LogP contribution in [0.25, 0.3) is 0 Å². The molecule has 0 saturated heterocycles. The Labute approximate surface area is 175 Å². The molecule has 2 atom stereocenters. The van der Waals surface area contributed by atoms with Crippen LogP contribution in [0, 0.1) is 24.2 Å². The highest BCUT2D eigenvalue weighted by atomic mass is 16.7. The van der Waals surface area contributed by atoms with Gasteiger partial charge < -0.3 is 14.8 Å². The van der Waals surface area contributed by atoms with Crippen molar-refractivity contribution < 1.29 is 14.3 Å². The van der Waals surface area contributed by atoms with Gasteiger partial charge in [-0.3, -0.25) is 4.79 Å². The predicted molar refractivity (Wildman–Crippen MR) is 107 cm³/mol. The fourth-order valence-corrected chi connectivity index (χ4v) is 6.98. The van der Waals surface area contributed by atoms with E-state index in [2.05, 4.69) is 20.7 Å². The van der Waals surface area contributed by atoms with Crippen LogP contribution in [0.1, 0.15) is 56.3 Å². The second-order valence-corrected chi connectivity index (χ2v) is 9.95. The average Bonchev–Trinajstić information content (AvgIpc) is 3.33. The van der Waals surface area contributed by atoms with E-state index < -0.39 is 0 Å². The van der Waals surface area contributed by atoms with Crippen molar-refractivity contribution in [3.05, 3.63) is 29.6 Å². The van der Waals surface area contributed by atoms with Gasteiger partial charge in [0.2, 0.25) is 12.7 Å². The number of carbonyl (C=O) groups excluding carboxylic acids is 1. The first-order chi connectivity index (χ1) is 14.5. The average molecular weight is 409 g/mol. The number of hydrogen-bond donors (Lipinski definition) is 1. The highest BCUT2D eigenvalue weighted by molar-refractivity contribution is 5.76. The number of tetrazole rings is 1. The van der Waals surface area contributed by atoms with E-state index in [1.807, 2.05) is 29.9 Å². The number of ether oxygens (including phenoxy) is 2. The zero-order chi connectivity index (χ0) is 20.3. The fraction of sp³-hybridized carbons (Fsp3) is 0.636. The highest BCUT2D eigenvalue weighted by Crippen LogP contribution is 2.65. The smallest absolute Gasteiger partial charge is 0.231 e. The summed E-state index contributed by atoms with van der Waals surface area (Å²) in [6.45, 7) is 2.66. The van der Waals surface area contributed by atoms with E-state index in [0.717, 1.165) is 55.0 Å². The molecule has 4 aliphatic carbocycles. The Kier molecular flexibility index (Phi) is 3.89. The number of nitrogens with zero attached hydrogens (tertiary/aromatic N) is 4. The molecule has 5 aliphatic rings. The zero-order valence-electron chi connectivity index (χ0n) is 17.3. The van der Waals surface area contributed by atoms with E-state index in [4.69, 9.17) is 9.47 Å². The van der Waals surface area contributed by atoms with Crippen LogP contribution in [-0.2, 0) is 16.9 Å². The maximum absolute atomic E-state index is 13.0. The molecule has 7 rings (SSSR count). The van der Waals surface area contributed by atoms with Gasteiger partial charge in [-0.1, -0.05) is 6.07 Å². The number of hydrogen-bond acceptors (Lipinski definition) is 6. The molecule has 1 aromatic carbocycles. The van der Waals surface area contributed by atoms with Gasteiger partial charge in [0, 0.05) is 13.0 Å². The fourth-order valence-electron chi connectivity index (χ4n) is 6.98. The third kappa shape index (κ3) is 2.96. The summed E-state index contributed by atoms with van der Waals surface area (Å²) in [5.41, 5.74) is 1.03. The molecule has 2 heterocycles. The molecule has 8 nitrogen and oxygen atoms in total. The molecule has 1 aromatic heterocycles. The Morgan fingerprint density at radius 2 is 2.00 bits per heavy atom. The minimum atomic E-state index is -0.0526. The number of amides is 1. The van der Waals surface area contributed by atoms with Gasteiger partial charge in [0.05, 0.1) is 5.54 Å². The molecule has 8 heteroatoms. The summed E-state index contributed by atoms with van der Waals surface area (Å²) in [5, 5.41) is 16.2. The summed E-state index contributed by atoms with van der Waals surface area (Å²) in [4.78, 5) is 14.9. The molecule has 1 N–H and O–H groups in total. The number of nitrogens with one attached hydrogen (secondary N) is 1. The Morgan fingerprint density at radius 1 is 1.20 bits per heavy atom. The summed E-state index contributed by atoms with van der Waals surface area (Å²) >= 11 is 0. The molecule has 4 fully saturated rings. The SMILES string of the molecule is Cc1nnn(C23CC4CC(CC(CC(=O)NCc5ccc6c(c5)OCO6)(C4)C2)C3)n1. The van der Waals surface area contributed by atoms with Gasteiger partial charge in [-0.05, 0) is 85.6 Å². The lowest BCUT2D eigenvalue weighted by Crippen LogP contribution is -2.58. The molecule has 4 bridgehead atoms. The number of benzene rings is 1. The van der Waals surface area contributed by atoms with Crippen molar-refractivity contribution in [3.8, 4) is 11.5 Å². The number of aryl methyl sites for hydroxylation is 1. The van der Waals surface area contributed by atoms with Crippen molar-refractivity contribution in [2.45, 2.75) is 64.0 Å². The van der Waals surface area contributed by atoms with Gasteiger partial charge in [0.1, 0.15) is 0 Å². The van der Waals surface area contributed by atoms with Crippen LogP contribution in [0.5, 0.6) is 11.5 Å². The topological polar surface area (TPSA) is 91.2 Å². The minimum absolute atomic E-state index is 0.0526. The third-order valence-electron chi connectivity index (χ3n) is 7.55.